The fourth-order valence-corrected chi connectivity index (χ4v) is 3.41. The van der Waals surface area contributed by atoms with Crippen LogP contribution in [0.15, 0.2) is 24.3 Å². The van der Waals surface area contributed by atoms with E-state index in [1.165, 1.54) is 24.2 Å². The number of anilines is 1. The second-order valence-corrected chi connectivity index (χ2v) is 7.73. The summed E-state index contributed by atoms with van der Waals surface area (Å²) in [5, 5.41) is 2.95. The first-order chi connectivity index (χ1) is 12.9. The number of nitrogens with zero attached hydrogens (tertiary/aromatic N) is 1. The van der Waals surface area contributed by atoms with E-state index >= 15 is 0 Å². The molecule has 0 saturated carbocycles. The van der Waals surface area contributed by atoms with Gasteiger partial charge in [-0.2, -0.15) is 0 Å². The van der Waals surface area contributed by atoms with E-state index in [0.29, 0.717) is 18.7 Å². The van der Waals surface area contributed by atoms with Crippen LogP contribution in [0.3, 0.4) is 0 Å². The summed E-state index contributed by atoms with van der Waals surface area (Å²) in [6.07, 6.45) is 6.44. The molecule has 0 aromatic heterocycles. The van der Waals surface area contributed by atoms with Gasteiger partial charge in [0.2, 0.25) is 17.7 Å². The number of unbranched alkanes of at least 4 members (excludes halogenated alkanes) is 4. The molecule has 27 heavy (non-hydrogen) atoms. The third kappa shape index (κ3) is 5.91. The first-order valence-electron chi connectivity index (χ1n) is 10.2. The van der Waals surface area contributed by atoms with Crippen molar-refractivity contribution in [2.45, 2.75) is 65.7 Å². The van der Waals surface area contributed by atoms with Crippen LogP contribution in [0.2, 0.25) is 0 Å². The Hall–Kier alpha value is -2.17. The second kappa shape index (κ2) is 10.2. The fourth-order valence-electron chi connectivity index (χ4n) is 3.41. The first kappa shape index (κ1) is 21.1. The van der Waals surface area contributed by atoms with Crippen molar-refractivity contribution in [1.82, 2.24) is 5.32 Å². The number of carbonyl (C=O) groups excluding carboxylic acids is 3. The molecule has 0 radical (unpaired) electrons. The average molecular weight is 373 g/mol. The van der Waals surface area contributed by atoms with E-state index in [4.69, 9.17) is 0 Å². The Bertz CT molecular complexity index is 652. The Kier molecular flexibility index (Phi) is 8.01. The minimum Gasteiger partial charge on any atom is -0.356 e. The Balaban J connectivity index is 1.84. The Labute approximate surface area is 162 Å². The molecule has 1 saturated heterocycles. The van der Waals surface area contributed by atoms with Crippen LogP contribution >= 0.6 is 0 Å². The molecule has 1 unspecified atom stereocenters. The molecule has 1 atom stereocenters. The highest BCUT2D eigenvalue weighted by Crippen LogP contribution is 2.30. The molecule has 1 fully saturated rings. The minimum absolute atomic E-state index is 0.00596. The molecule has 1 aliphatic rings. The zero-order valence-electron chi connectivity index (χ0n) is 16.8. The molecule has 1 aromatic carbocycles. The third-order valence-electron chi connectivity index (χ3n) is 5.15. The summed E-state index contributed by atoms with van der Waals surface area (Å²) in [7, 11) is 0. The molecular formula is C22H32N2O3. The van der Waals surface area contributed by atoms with Gasteiger partial charge in [0.1, 0.15) is 0 Å². The molecular weight excluding hydrogens is 340 g/mol. The molecule has 5 nitrogen and oxygen atoms in total. The fraction of sp³-hybridized carbons (Fsp3) is 0.591. The normalized spacial score (nSPS) is 17.0. The van der Waals surface area contributed by atoms with E-state index in [-0.39, 0.29) is 36.0 Å². The van der Waals surface area contributed by atoms with Crippen molar-refractivity contribution in [3.8, 4) is 0 Å². The van der Waals surface area contributed by atoms with Gasteiger partial charge in [-0.25, -0.2) is 0 Å². The molecule has 0 spiro atoms. The minimum atomic E-state index is -0.236. The smallest absolute Gasteiger partial charge is 0.237 e. The van der Waals surface area contributed by atoms with Gasteiger partial charge in [-0.05, 0) is 30.0 Å². The Morgan fingerprint density at radius 3 is 2.37 bits per heavy atom. The SMILES string of the molecule is CCCCCCCNC(=O)Cc1ccc(N2C(=O)CC(C(C)C)C2=O)cc1. The quantitative estimate of drug-likeness (QED) is 0.501. The number of hydrogen-bond acceptors (Lipinski definition) is 3. The number of nitrogens with one attached hydrogen (secondary N) is 1. The maximum atomic E-state index is 12.5. The lowest BCUT2D eigenvalue weighted by molar-refractivity contribution is -0.123. The van der Waals surface area contributed by atoms with Gasteiger partial charge in [0, 0.05) is 13.0 Å². The van der Waals surface area contributed by atoms with E-state index in [1.54, 1.807) is 12.1 Å². The predicted molar refractivity (Wildman–Crippen MR) is 107 cm³/mol. The van der Waals surface area contributed by atoms with Crippen molar-refractivity contribution in [2.24, 2.45) is 11.8 Å². The predicted octanol–water partition coefficient (Wildman–Crippen LogP) is 3.85. The zero-order valence-corrected chi connectivity index (χ0v) is 16.8. The van der Waals surface area contributed by atoms with Gasteiger partial charge >= 0.3 is 0 Å². The van der Waals surface area contributed by atoms with Gasteiger partial charge in [0.05, 0.1) is 18.0 Å². The molecule has 0 bridgehead atoms. The number of carbonyl (C=O) groups is 3. The lowest BCUT2D eigenvalue weighted by Crippen LogP contribution is -2.31. The number of amides is 3. The summed E-state index contributed by atoms with van der Waals surface area (Å²) < 4.78 is 0. The lowest BCUT2D eigenvalue weighted by Gasteiger charge is -2.16. The van der Waals surface area contributed by atoms with Crippen molar-refractivity contribution < 1.29 is 14.4 Å². The third-order valence-corrected chi connectivity index (χ3v) is 5.15. The van der Waals surface area contributed by atoms with Crippen LogP contribution in [-0.4, -0.2) is 24.3 Å². The highest BCUT2D eigenvalue weighted by atomic mass is 16.2. The van der Waals surface area contributed by atoms with Gasteiger partial charge in [0.25, 0.3) is 0 Å². The lowest BCUT2D eigenvalue weighted by atomic mass is 9.94. The molecule has 5 heteroatoms. The molecule has 148 valence electrons. The summed E-state index contributed by atoms with van der Waals surface area (Å²) in [4.78, 5) is 38.0. The maximum absolute atomic E-state index is 12.5. The molecule has 3 amide bonds. The summed E-state index contributed by atoms with van der Waals surface area (Å²) in [6, 6.07) is 7.15. The van der Waals surface area contributed by atoms with Crippen LogP contribution in [-0.2, 0) is 20.8 Å². The van der Waals surface area contributed by atoms with E-state index in [9.17, 15) is 14.4 Å². The summed E-state index contributed by atoms with van der Waals surface area (Å²) in [5.41, 5.74) is 1.47. The van der Waals surface area contributed by atoms with Gasteiger partial charge in [-0.15, -0.1) is 0 Å². The highest BCUT2D eigenvalue weighted by Gasteiger charge is 2.40. The average Bonchev–Trinajstić information content (AvgIpc) is 2.93. The van der Waals surface area contributed by atoms with Crippen LogP contribution in [0.25, 0.3) is 0 Å². The van der Waals surface area contributed by atoms with Crippen LogP contribution < -0.4 is 10.2 Å². The van der Waals surface area contributed by atoms with Crippen LogP contribution in [0.4, 0.5) is 5.69 Å². The van der Waals surface area contributed by atoms with Gasteiger partial charge in [0.15, 0.2) is 0 Å². The molecule has 1 aliphatic heterocycles. The van der Waals surface area contributed by atoms with Crippen molar-refractivity contribution in [3.63, 3.8) is 0 Å². The van der Waals surface area contributed by atoms with Crippen LogP contribution in [0, 0.1) is 11.8 Å². The summed E-state index contributed by atoms with van der Waals surface area (Å²) in [6.45, 7) is 6.83. The van der Waals surface area contributed by atoms with Crippen molar-refractivity contribution >= 4 is 23.4 Å². The molecule has 2 rings (SSSR count). The Morgan fingerprint density at radius 2 is 1.78 bits per heavy atom. The maximum Gasteiger partial charge on any atom is 0.237 e. The van der Waals surface area contributed by atoms with Gasteiger partial charge < -0.3 is 5.32 Å². The zero-order chi connectivity index (χ0) is 19.8. The number of imide groups is 1. The van der Waals surface area contributed by atoms with Gasteiger partial charge in [-0.1, -0.05) is 58.6 Å². The van der Waals surface area contributed by atoms with Crippen LogP contribution in [0.1, 0.15) is 64.9 Å². The van der Waals surface area contributed by atoms with Crippen molar-refractivity contribution in [3.05, 3.63) is 29.8 Å². The van der Waals surface area contributed by atoms with E-state index < -0.39 is 0 Å². The number of rotatable bonds is 10. The standard InChI is InChI=1S/C22H32N2O3/c1-4-5-6-7-8-13-23-20(25)14-17-9-11-18(12-10-17)24-21(26)15-19(16(2)3)22(24)27/h9-12,16,19H,4-8,13-15H2,1-3H3,(H,23,25). The highest BCUT2D eigenvalue weighted by molar-refractivity contribution is 6.21. The summed E-state index contributed by atoms with van der Waals surface area (Å²) >= 11 is 0. The van der Waals surface area contributed by atoms with Gasteiger partial charge in [-0.3, -0.25) is 19.3 Å². The van der Waals surface area contributed by atoms with E-state index in [1.807, 2.05) is 26.0 Å². The molecule has 1 heterocycles. The van der Waals surface area contributed by atoms with Crippen LogP contribution in [0.5, 0.6) is 0 Å². The molecule has 1 aromatic rings. The monoisotopic (exact) mass is 372 g/mol. The molecule has 1 N–H and O–H groups in total. The largest absolute Gasteiger partial charge is 0.356 e. The topological polar surface area (TPSA) is 66.5 Å². The molecule has 0 aliphatic carbocycles. The Morgan fingerprint density at radius 1 is 1.11 bits per heavy atom. The van der Waals surface area contributed by atoms with Crippen molar-refractivity contribution in [2.75, 3.05) is 11.4 Å². The van der Waals surface area contributed by atoms with E-state index in [2.05, 4.69) is 12.2 Å². The second-order valence-electron chi connectivity index (χ2n) is 7.73. The summed E-state index contributed by atoms with van der Waals surface area (Å²) in [5.74, 6) is -0.348. The van der Waals surface area contributed by atoms with E-state index in [0.717, 1.165) is 18.4 Å². The number of benzene rings is 1. The van der Waals surface area contributed by atoms with Crippen molar-refractivity contribution in [1.29, 1.82) is 0 Å². The number of hydrogen-bond donors (Lipinski definition) is 1. The first-order valence-corrected chi connectivity index (χ1v) is 10.2.